The SMILES string of the molecule is CC(NC(=O)[C@H](CCC(=O)O)NC(=O)CCc1cc(-c2ccc(-c3cccc(Cl)c3)cc2)no1)(C(N)=O)C(=O)O. The molecule has 0 saturated carbocycles. The van der Waals surface area contributed by atoms with Gasteiger partial charge in [-0.3, -0.25) is 19.2 Å². The summed E-state index contributed by atoms with van der Waals surface area (Å²) in [7, 11) is 0. The minimum absolute atomic E-state index is 0.112. The first-order chi connectivity index (χ1) is 18.9. The molecule has 3 amide bonds. The lowest BCUT2D eigenvalue weighted by atomic mass is 10.0. The van der Waals surface area contributed by atoms with Gasteiger partial charge >= 0.3 is 11.9 Å². The van der Waals surface area contributed by atoms with E-state index in [-0.39, 0.29) is 19.3 Å². The third-order valence-electron chi connectivity index (χ3n) is 6.09. The number of aliphatic carboxylic acids is 2. The average Bonchev–Trinajstić information content (AvgIpc) is 3.38. The van der Waals surface area contributed by atoms with Gasteiger partial charge in [-0.25, -0.2) is 4.79 Å². The van der Waals surface area contributed by atoms with E-state index in [0.29, 0.717) is 16.5 Å². The summed E-state index contributed by atoms with van der Waals surface area (Å²) in [6, 6.07) is 15.3. The standard InChI is InChI=1S/C27H27ClN4O8/c1-27(25(29)37,26(38)39)31-24(36)20(10-12-23(34)35)30-22(33)11-9-19-14-21(32-40-19)16-7-5-15(6-8-16)17-3-2-4-18(28)13-17/h2-8,13-14,20H,9-12H2,1H3,(H2,29,37)(H,30,33)(H,31,36)(H,34,35)(H,38,39)/t20-,27?/m0/s1. The third kappa shape index (κ3) is 7.67. The molecule has 210 valence electrons. The molecule has 40 heavy (non-hydrogen) atoms. The molecule has 6 N–H and O–H groups in total. The van der Waals surface area contributed by atoms with E-state index in [1.807, 2.05) is 47.8 Å². The summed E-state index contributed by atoms with van der Waals surface area (Å²) < 4.78 is 5.33. The number of primary amides is 1. The number of carbonyl (C=O) groups excluding carboxylic acids is 3. The zero-order valence-corrected chi connectivity index (χ0v) is 22.1. The van der Waals surface area contributed by atoms with Crippen LogP contribution in [0.5, 0.6) is 0 Å². The monoisotopic (exact) mass is 570 g/mol. The van der Waals surface area contributed by atoms with Crippen molar-refractivity contribution in [2.24, 2.45) is 5.73 Å². The fourth-order valence-electron chi connectivity index (χ4n) is 3.66. The Bertz CT molecular complexity index is 1410. The van der Waals surface area contributed by atoms with Crippen LogP contribution in [0, 0.1) is 0 Å². The summed E-state index contributed by atoms with van der Waals surface area (Å²) in [5.74, 6) is -5.60. The minimum atomic E-state index is -2.45. The second-order valence-electron chi connectivity index (χ2n) is 9.10. The lowest BCUT2D eigenvalue weighted by molar-refractivity contribution is -0.152. The summed E-state index contributed by atoms with van der Waals surface area (Å²) in [5.41, 5.74) is 5.91. The Labute approximate surface area is 233 Å². The molecule has 0 saturated heterocycles. The van der Waals surface area contributed by atoms with Gasteiger partial charge in [0.25, 0.3) is 5.91 Å². The summed E-state index contributed by atoms with van der Waals surface area (Å²) >= 11 is 6.06. The van der Waals surface area contributed by atoms with Crippen LogP contribution in [0.15, 0.2) is 59.1 Å². The molecule has 1 unspecified atom stereocenters. The van der Waals surface area contributed by atoms with Crippen molar-refractivity contribution in [2.75, 3.05) is 0 Å². The number of aryl methyl sites for hydroxylation is 1. The van der Waals surface area contributed by atoms with Crippen LogP contribution in [-0.4, -0.2) is 56.6 Å². The Morgan fingerprint density at radius 1 is 1.00 bits per heavy atom. The molecule has 0 aliphatic rings. The Hall–Kier alpha value is -4.71. The van der Waals surface area contributed by atoms with E-state index in [1.54, 1.807) is 12.1 Å². The van der Waals surface area contributed by atoms with Gasteiger partial charge in [-0.2, -0.15) is 0 Å². The third-order valence-corrected chi connectivity index (χ3v) is 6.32. The summed E-state index contributed by atoms with van der Waals surface area (Å²) in [6.07, 6.45) is -0.884. The number of carboxylic acid groups (broad SMARTS) is 2. The number of nitrogens with one attached hydrogen (secondary N) is 2. The molecular formula is C27H27ClN4O8. The van der Waals surface area contributed by atoms with Crippen molar-refractivity contribution in [1.82, 2.24) is 15.8 Å². The summed E-state index contributed by atoms with van der Waals surface area (Å²) in [5, 5.41) is 27.3. The molecule has 0 fully saturated rings. The van der Waals surface area contributed by atoms with E-state index >= 15 is 0 Å². The lowest BCUT2D eigenvalue weighted by Crippen LogP contribution is -2.63. The van der Waals surface area contributed by atoms with Crippen molar-refractivity contribution in [3.05, 3.63) is 65.4 Å². The zero-order valence-electron chi connectivity index (χ0n) is 21.3. The molecule has 1 heterocycles. The molecule has 0 aliphatic heterocycles. The first-order valence-corrected chi connectivity index (χ1v) is 12.5. The van der Waals surface area contributed by atoms with Crippen molar-refractivity contribution < 1.29 is 38.7 Å². The van der Waals surface area contributed by atoms with Crippen molar-refractivity contribution >= 4 is 41.3 Å². The first-order valence-electron chi connectivity index (χ1n) is 12.1. The van der Waals surface area contributed by atoms with Crippen molar-refractivity contribution in [3.8, 4) is 22.4 Å². The number of hydrogen-bond acceptors (Lipinski definition) is 7. The molecule has 0 radical (unpaired) electrons. The van der Waals surface area contributed by atoms with Crippen LogP contribution in [0.1, 0.15) is 31.9 Å². The fraction of sp³-hybridized carbons (Fsp3) is 0.259. The van der Waals surface area contributed by atoms with Crippen LogP contribution >= 0.6 is 11.6 Å². The van der Waals surface area contributed by atoms with Gasteiger partial charge in [-0.05, 0) is 36.6 Å². The number of rotatable bonds is 13. The molecule has 12 nitrogen and oxygen atoms in total. The summed E-state index contributed by atoms with van der Waals surface area (Å²) in [6.45, 7) is 0.887. The van der Waals surface area contributed by atoms with Crippen molar-refractivity contribution in [2.45, 2.75) is 44.2 Å². The van der Waals surface area contributed by atoms with Gasteiger partial charge < -0.3 is 31.1 Å². The van der Waals surface area contributed by atoms with Gasteiger partial charge in [0.1, 0.15) is 17.5 Å². The van der Waals surface area contributed by atoms with Crippen LogP contribution in [-0.2, 0) is 30.4 Å². The Balaban J connectivity index is 1.62. The van der Waals surface area contributed by atoms with E-state index in [9.17, 15) is 29.1 Å². The van der Waals surface area contributed by atoms with E-state index in [1.165, 1.54) is 0 Å². The number of carbonyl (C=O) groups is 5. The molecule has 13 heteroatoms. The lowest BCUT2D eigenvalue weighted by Gasteiger charge is -2.26. The highest BCUT2D eigenvalue weighted by Crippen LogP contribution is 2.26. The van der Waals surface area contributed by atoms with Crippen LogP contribution < -0.4 is 16.4 Å². The van der Waals surface area contributed by atoms with E-state index in [0.717, 1.165) is 23.6 Å². The number of carboxylic acids is 2. The largest absolute Gasteiger partial charge is 0.481 e. The maximum Gasteiger partial charge on any atom is 0.339 e. The molecule has 3 aromatic rings. The second-order valence-corrected chi connectivity index (χ2v) is 9.54. The highest BCUT2D eigenvalue weighted by atomic mass is 35.5. The predicted octanol–water partition coefficient (Wildman–Crippen LogP) is 2.39. The van der Waals surface area contributed by atoms with Gasteiger partial charge in [-0.15, -0.1) is 0 Å². The number of nitrogens with zero attached hydrogens (tertiary/aromatic N) is 1. The van der Waals surface area contributed by atoms with Crippen LogP contribution in [0.3, 0.4) is 0 Å². The van der Waals surface area contributed by atoms with E-state index < -0.39 is 47.7 Å². The van der Waals surface area contributed by atoms with Gasteiger partial charge in [-0.1, -0.05) is 53.2 Å². The number of halogens is 1. The molecular weight excluding hydrogens is 544 g/mol. The molecule has 3 rings (SSSR count). The fourth-order valence-corrected chi connectivity index (χ4v) is 3.85. The Morgan fingerprint density at radius 2 is 1.68 bits per heavy atom. The molecule has 0 bridgehead atoms. The normalized spacial score (nSPS) is 13.1. The van der Waals surface area contributed by atoms with Crippen LogP contribution in [0.2, 0.25) is 5.02 Å². The molecule has 0 aliphatic carbocycles. The Kier molecular flexibility index (Phi) is 9.62. The summed E-state index contributed by atoms with van der Waals surface area (Å²) in [4.78, 5) is 59.3. The molecule has 1 aromatic heterocycles. The number of benzene rings is 2. The van der Waals surface area contributed by atoms with Gasteiger partial charge in [0.15, 0.2) is 0 Å². The maximum absolute atomic E-state index is 12.7. The highest BCUT2D eigenvalue weighted by Gasteiger charge is 2.42. The molecule has 0 spiro atoms. The highest BCUT2D eigenvalue weighted by molar-refractivity contribution is 6.30. The van der Waals surface area contributed by atoms with Gasteiger partial charge in [0, 0.05) is 35.9 Å². The smallest absolute Gasteiger partial charge is 0.339 e. The van der Waals surface area contributed by atoms with Gasteiger partial charge in [0.2, 0.25) is 17.4 Å². The van der Waals surface area contributed by atoms with E-state index in [4.69, 9.17) is 27.0 Å². The number of aromatic nitrogens is 1. The maximum atomic E-state index is 12.7. The van der Waals surface area contributed by atoms with Crippen molar-refractivity contribution in [3.63, 3.8) is 0 Å². The van der Waals surface area contributed by atoms with Gasteiger partial charge in [0.05, 0.1) is 0 Å². The second kappa shape index (κ2) is 12.9. The quantitative estimate of drug-likeness (QED) is 0.191. The van der Waals surface area contributed by atoms with E-state index in [2.05, 4.69) is 10.5 Å². The minimum Gasteiger partial charge on any atom is -0.481 e. The molecule has 2 aromatic carbocycles. The predicted molar refractivity (Wildman–Crippen MR) is 143 cm³/mol. The van der Waals surface area contributed by atoms with Crippen molar-refractivity contribution in [1.29, 1.82) is 0 Å². The van der Waals surface area contributed by atoms with Crippen LogP contribution in [0.25, 0.3) is 22.4 Å². The zero-order chi connectivity index (χ0) is 29.4. The number of hydrogen-bond donors (Lipinski definition) is 5. The number of nitrogens with two attached hydrogens (primary N) is 1. The average molecular weight is 571 g/mol. The van der Waals surface area contributed by atoms with Crippen LogP contribution in [0.4, 0.5) is 0 Å². The Morgan fingerprint density at radius 3 is 2.27 bits per heavy atom. The number of amides is 3. The topological polar surface area (TPSA) is 202 Å². The first kappa shape index (κ1) is 29.8. The molecule has 2 atom stereocenters.